The third-order valence-corrected chi connectivity index (χ3v) is 5.04. The average Bonchev–Trinajstić information content (AvgIpc) is 3.26. The quantitative estimate of drug-likeness (QED) is 0.834. The van der Waals surface area contributed by atoms with Crippen molar-refractivity contribution in [2.75, 3.05) is 13.2 Å². The van der Waals surface area contributed by atoms with E-state index in [1.807, 2.05) is 6.07 Å². The molecule has 2 heterocycles. The summed E-state index contributed by atoms with van der Waals surface area (Å²) in [4.78, 5) is 12.0. The lowest BCUT2D eigenvalue weighted by molar-refractivity contribution is 0.111. The van der Waals surface area contributed by atoms with E-state index in [0.29, 0.717) is 13.1 Å². The molecule has 0 unspecified atom stereocenters. The molecule has 0 saturated carbocycles. The molecule has 0 aliphatic carbocycles. The van der Waals surface area contributed by atoms with Gasteiger partial charge in [0.05, 0.1) is 12.6 Å². The molecule has 140 valence electrons. The van der Waals surface area contributed by atoms with Gasteiger partial charge in [0, 0.05) is 31.6 Å². The number of nitrogens with one attached hydrogen (secondary N) is 2. The van der Waals surface area contributed by atoms with Crippen molar-refractivity contribution in [2.24, 2.45) is 0 Å². The Balaban J connectivity index is 1.56. The summed E-state index contributed by atoms with van der Waals surface area (Å²) in [7, 11) is 0. The number of carbonyl (C=O) groups excluding carboxylic acids is 1. The summed E-state index contributed by atoms with van der Waals surface area (Å²) in [6.45, 7) is 9.16. The van der Waals surface area contributed by atoms with Crippen molar-refractivity contribution in [3.05, 3.63) is 58.4 Å². The van der Waals surface area contributed by atoms with Crippen molar-refractivity contribution in [3.8, 4) is 0 Å². The number of ether oxygens (including phenoxy) is 1. The smallest absolute Gasteiger partial charge is 0.315 e. The average molecular weight is 355 g/mol. The number of aryl methyl sites for hydroxylation is 3. The number of rotatable bonds is 6. The Bertz CT molecular complexity index is 737. The van der Waals surface area contributed by atoms with Crippen LogP contribution < -0.4 is 10.6 Å². The second-order valence-electron chi connectivity index (χ2n) is 7.20. The summed E-state index contributed by atoms with van der Waals surface area (Å²) in [5.41, 5.74) is 6.35. The van der Waals surface area contributed by atoms with Crippen LogP contribution in [-0.4, -0.2) is 29.9 Å². The first kappa shape index (κ1) is 18.5. The first-order chi connectivity index (χ1) is 12.5. The van der Waals surface area contributed by atoms with Crippen LogP contribution in [0.4, 0.5) is 4.79 Å². The lowest BCUT2D eigenvalue weighted by Crippen LogP contribution is -2.39. The molecule has 2 N–H and O–H groups in total. The van der Waals surface area contributed by atoms with Gasteiger partial charge in [-0.25, -0.2) is 4.79 Å². The van der Waals surface area contributed by atoms with Gasteiger partial charge < -0.3 is 19.9 Å². The standard InChI is InChI=1S/C21H29N3O2/c1-15-10-16(2)20(17(3)11-15)14-24-8-4-6-18(24)12-22-21(25)23-13-19-7-5-9-26-19/h4,6,8,10-11,19H,5,7,9,12-14H2,1-3H3,(H2,22,23,25)/t19-/m0/s1. The van der Waals surface area contributed by atoms with E-state index < -0.39 is 0 Å². The van der Waals surface area contributed by atoms with E-state index in [9.17, 15) is 4.79 Å². The third-order valence-electron chi connectivity index (χ3n) is 5.04. The molecule has 0 radical (unpaired) electrons. The first-order valence-corrected chi connectivity index (χ1v) is 9.37. The van der Waals surface area contributed by atoms with Crippen LogP contribution in [0, 0.1) is 20.8 Å². The van der Waals surface area contributed by atoms with Gasteiger partial charge in [-0.1, -0.05) is 17.7 Å². The summed E-state index contributed by atoms with van der Waals surface area (Å²) in [6, 6.07) is 8.39. The number of aromatic nitrogens is 1. The van der Waals surface area contributed by atoms with E-state index in [-0.39, 0.29) is 12.1 Å². The van der Waals surface area contributed by atoms with Crippen molar-refractivity contribution in [1.82, 2.24) is 15.2 Å². The van der Waals surface area contributed by atoms with Crippen LogP contribution in [0.5, 0.6) is 0 Å². The fourth-order valence-corrected chi connectivity index (χ4v) is 3.64. The van der Waals surface area contributed by atoms with Crippen LogP contribution >= 0.6 is 0 Å². The van der Waals surface area contributed by atoms with Gasteiger partial charge in [-0.2, -0.15) is 0 Å². The Kier molecular flexibility index (Phi) is 5.99. The number of benzene rings is 1. The molecule has 3 rings (SSSR count). The molecule has 0 bridgehead atoms. The molecule has 1 aliphatic rings. The number of amides is 2. The molecule has 2 amide bonds. The van der Waals surface area contributed by atoms with Crippen molar-refractivity contribution in [2.45, 2.75) is 52.8 Å². The maximum Gasteiger partial charge on any atom is 0.315 e. The molecule has 26 heavy (non-hydrogen) atoms. The highest BCUT2D eigenvalue weighted by Crippen LogP contribution is 2.19. The number of nitrogens with zero attached hydrogens (tertiary/aromatic N) is 1. The van der Waals surface area contributed by atoms with Crippen molar-refractivity contribution < 1.29 is 9.53 Å². The fraction of sp³-hybridized carbons (Fsp3) is 0.476. The summed E-state index contributed by atoms with van der Waals surface area (Å²) in [5.74, 6) is 0. The molecule has 5 heteroatoms. The minimum Gasteiger partial charge on any atom is -0.376 e. The molecular weight excluding hydrogens is 326 g/mol. The molecule has 0 spiro atoms. The normalized spacial score (nSPS) is 16.7. The summed E-state index contributed by atoms with van der Waals surface area (Å²) in [5, 5.41) is 5.84. The van der Waals surface area contributed by atoms with Crippen LogP contribution in [0.15, 0.2) is 30.5 Å². The Morgan fingerprint density at radius 1 is 1.23 bits per heavy atom. The third kappa shape index (κ3) is 4.67. The van der Waals surface area contributed by atoms with E-state index in [1.54, 1.807) is 0 Å². The molecule has 1 aliphatic heterocycles. The molecule has 1 saturated heterocycles. The highest BCUT2D eigenvalue weighted by Gasteiger charge is 2.16. The lowest BCUT2D eigenvalue weighted by atomic mass is 10.00. The Morgan fingerprint density at radius 3 is 2.69 bits per heavy atom. The second kappa shape index (κ2) is 8.41. The van der Waals surface area contributed by atoms with Gasteiger partial charge >= 0.3 is 6.03 Å². The van der Waals surface area contributed by atoms with Crippen molar-refractivity contribution in [3.63, 3.8) is 0 Å². The van der Waals surface area contributed by atoms with Crippen LogP contribution in [0.25, 0.3) is 0 Å². The summed E-state index contributed by atoms with van der Waals surface area (Å²) >= 11 is 0. The highest BCUT2D eigenvalue weighted by molar-refractivity contribution is 5.73. The lowest BCUT2D eigenvalue weighted by Gasteiger charge is -2.16. The van der Waals surface area contributed by atoms with E-state index in [2.05, 4.69) is 60.4 Å². The van der Waals surface area contributed by atoms with Gasteiger partial charge in [0.15, 0.2) is 0 Å². The van der Waals surface area contributed by atoms with Gasteiger partial charge in [0.2, 0.25) is 0 Å². The van der Waals surface area contributed by atoms with Crippen LogP contribution in [0.2, 0.25) is 0 Å². The van der Waals surface area contributed by atoms with E-state index >= 15 is 0 Å². The predicted molar refractivity (Wildman–Crippen MR) is 103 cm³/mol. The first-order valence-electron chi connectivity index (χ1n) is 9.37. The number of carbonyl (C=O) groups is 1. The number of hydrogen-bond acceptors (Lipinski definition) is 2. The van der Waals surface area contributed by atoms with Gasteiger partial charge in [-0.3, -0.25) is 0 Å². The predicted octanol–water partition coefficient (Wildman–Crippen LogP) is 3.44. The molecule has 1 aromatic heterocycles. The van der Waals surface area contributed by atoms with E-state index in [1.165, 1.54) is 22.3 Å². The van der Waals surface area contributed by atoms with Gasteiger partial charge in [0.25, 0.3) is 0 Å². The molecule has 1 atom stereocenters. The molecule has 2 aromatic rings. The van der Waals surface area contributed by atoms with Crippen LogP contribution in [0.1, 0.15) is 40.8 Å². The zero-order valence-corrected chi connectivity index (χ0v) is 16.0. The highest BCUT2D eigenvalue weighted by atomic mass is 16.5. The van der Waals surface area contributed by atoms with Crippen LogP contribution in [-0.2, 0) is 17.8 Å². The van der Waals surface area contributed by atoms with Gasteiger partial charge in [-0.05, 0) is 62.4 Å². The van der Waals surface area contributed by atoms with Gasteiger partial charge in [0.1, 0.15) is 0 Å². The zero-order valence-electron chi connectivity index (χ0n) is 16.0. The molecular formula is C21H29N3O2. The fourth-order valence-electron chi connectivity index (χ4n) is 3.64. The minimum absolute atomic E-state index is 0.143. The zero-order chi connectivity index (χ0) is 18.5. The second-order valence-corrected chi connectivity index (χ2v) is 7.20. The Morgan fingerprint density at radius 2 is 2.00 bits per heavy atom. The largest absolute Gasteiger partial charge is 0.376 e. The maximum atomic E-state index is 12.0. The minimum atomic E-state index is -0.143. The number of hydrogen-bond donors (Lipinski definition) is 2. The summed E-state index contributed by atoms with van der Waals surface area (Å²) < 4.78 is 7.72. The Hall–Kier alpha value is -2.27. The monoisotopic (exact) mass is 355 g/mol. The van der Waals surface area contributed by atoms with Crippen molar-refractivity contribution in [1.29, 1.82) is 0 Å². The number of urea groups is 1. The van der Waals surface area contributed by atoms with Crippen molar-refractivity contribution >= 4 is 6.03 Å². The van der Waals surface area contributed by atoms with Gasteiger partial charge in [-0.15, -0.1) is 0 Å². The molecule has 1 fully saturated rings. The maximum absolute atomic E-state index is 12.0. The summed E-state index contributed by atoms with van der Waals surface area (Å²) in [6.07, 6.45) is 4.34. The van der Waals surface area contributed by atoms with E-state index in [4.69, 9.17) is 4.74 Å². The molecule has 1 aromatic carbocycles. The topological polar surface area (TPSA) is 55.3 Å². The SMILES string of the molecule is Cc1cc(C)c(Cn2cccc2CNC(=O)NC[C@@H]2CCCO2)c(C)c1. The Labute approximate surface area is 155 Å². The molecule has 5 nitrogen and oxygen atoms in total. The van der Waals surface area contributed by atoms with Crippen LogP contribution in [0.3, 0.4) is 0 Å². The van der Waals surface area contributed by atoms with E-state index in [0.717, 1.165) is 31.7 Å².